The van der Waals surface area contributed by atoms with Gasteiger partial charge in [-0.2, -0.15) is 0 Å². The first-order valence-corrected chi connectivity index (χ1v) is 9.45. The first-order valence-electron chi connectivity index (χ1n) is 6.54. The number of carboxylic acids is 1. The van der Waals surface area contributed by atoms with Gasteiger partial charge in [0, 0.05) is 5.75 Å². The third kappa shape index (κ3) is 4.33. The molecule has 0 saturated carbocycles. The SMILES string of the molecule is C=C(S/C=C\C)C(=O)SC(C)C(=O)N1CSCC1(C)C(=O)O. The molecule has 0 spiro atoms. The molecule has 0 radical (unpaired) electrons. The second-order valence-corrected chi connectivity index (χ2v) is 8.15. The standard InChI is InChI=1S/C14H19NO4S3/c1-5-6-21-10(3)12(17)22-9(2)11(16)15-8-20-7-14(15,4)13(18)19/h5-6,9H,3,7-8H2,1-2,4H3,(H,18,19)/b6-5-. The van der Waals surface area contributed by atoms with Crippen LogP contribution in [0.5, 0.6) is 0 Å². The number of amides is 1. The minimum atomic E-state index is -1.21. The smallest absolute Gasteiger partial charge is 0.330 e. The van der Waals surface area contributed by atoms with Gasteiger partial charge in [0.15, 0.2) is 0 Å². The second-order valence-electron chi connectivity index (χ2n) is 4.88. The van der Waals surface area contributed by atoms with Gasteiger partial charge < -0.3 is 10.0 Å². The second kappa shape index (κ2) is 8.12. The number of thioether (sulfide) groups is 3. The minimum absolute atomic E-state index is 0.271. The van der Waals surface area contributed by atoms with Crippen LogP contribution in [0.2, 0.25) is 0 Å². The van der Waals surface area contributed by atoms with Gasteiger partial charge in [-0.1, -0.05) is 36.2 Å². The van der Waals surface area contributed by atoms with Crippen LogP contribution in [-0.2, 0) is 14.4 Å². The number of carboxylic acid groups (broad SMARTS) is 1. The molecule has 0 aromatic carbocycles. The van der Waals surface area contributed by atoms with Gasteiger partial charge in [-0.25, -0.2) is 4.79 Å². The van der Waals surface area contributed by atoms with E-state index >= 15 is 0 Å². The highest BCUT2D eigenvalue weighted by Gasteiger charge is 2.47. The van der Waals surface area contributed by atoms with Crippen molar-refractivity contribution in [3.05, 3.63) is 23.0 Å². The van der Waals surface area contributed by atoms with Crippen LogP contribution in [0.4, 0.5) is 0 Å². The Balaban J connectivity index is 2.71. The van der Waals surface area contributed by atoms with Crippen LogP contribution in [0.15, 0.2) is 23.0 Å². The number of hydrogen-bond acceptors (Lipinski definition) is 6. The molecule has 1 N–H and O–H groups in total. The van der Waals surface area contributed by atoms with Gasteiger partial charge in [-0.15, -0.1) is 11.8 Å². The summed E-state index contributed by atoms with van der Waals surface area (Å²) in [5.41, 5.74) is -1.21. The number of allylic oxidation sites excluding steroid dienone is 1. The van der Waals surface area contributed by atoms with Gasteiger partial charge in [-0.3, -0.25) is 9.59 Å². The summed E-state index contributed by atoms with van der Waals surface area (Å²) in [6.45, 7) is 8.66. The van der Waals surface area contributed by atoms with E-state index in [0.29, 0.717) is 16.5 Å². The van der Waals surface area contributed by atoms with E-state index in [1.807, 2.05) is 6.92 Å². The highest BCUT2D eigenvalue weighted by atomic mass is 32.2. The lowest BCUT2D eigenvalue weighted by molar-refractivity contribution is -0.154. The zero-order valence-corrected chi connectivity index (χ0v) is 15.1. The predicted octanol–water partition coefficient (Wildman–Crippen LogP) is 2.79. The molecule has 0 aromatic heterocycles. The highest BCUT2D eigenvalue weighted by Crippen LogP contribution is 2.34. The van der Waals surface area contributed by atoms with Crippen molar-refractivity contribution in [2.45, 2.75) is 31.6 Å². The fourth-order valence-corrected chi connectivity index (χ4v) is 4.46. The number of carbonyl (C=O) groups excluding carboxylic acids is 2. The van der Waals surface area contributed by atoms with E-state index in [4.69, 9.17) is 0 Å². The third-order valence-electron chi connectivity index (χ3n) is 3.13. The average molecular weight is 362 g/mol. The van der Waals surface area contributed by atoms with Crippen molar-refractivity contribution in [2.24, 2.45) is 0 Å². The van der Waals surface area contributed by atoms with Gasteiger partial charge >= 0.3 is 5.97 Å². The zero-order chi connectivity index (χ0) is 16.9. The Hall–Kier alpha value is -0.860. The summed E-state index contributed by atoms with van der Waals surface area (Å²) in [5.74, 6) is -0.683. The predicted molar refractivity (Wildman–Crippen MR) is 93.8 cm³/mol. The molecule has 1 aliphatic rings. The Kier molecular flexibility index (Phi) is 7.08. The molecule has 1 saturated heterocycles. The van der Waals surface area contributed by atoms with Crippen molar-refractivity contribution in [3.8, 4) is 0 Å². The van der Waals surface area contributed by atoms with Crippen LogP contribution in [0.1, 0.15) is 20.8 Å². The monoisotopic (exact) mass is 361 g/mol. The summed E-state index contributed by atoms with van der Waals surface area (Å²) >= 11 is 3.48. The van der Waals surface area contributed by atoms with Crippen molar-refractivity contribution < 1.29 is 19.5 Å². The Morgan fingerprint density at radius 1 is 1.45 bits per heavy atom. The van der Waals surface area contributed by atoms with Gasteiger partial charge in [0.05, 0.1) is 16.0 Å². The number of carbonyl (C=O) groups is 3. The summed E-state index contributed by atoms with van der Waals surface area (Å²) in [6.07, 6.45) is 1.79. The maximum atomic E-state index is 12.5. The minimum Gasteiger partial charge on any atom is -0.479 e. The van der Waals surface area contributed by atoms with Crippen LogP contribution < -0.4 is 0 Å². The van der Waals surface area contributed by atoms with Gasteiger partial charge in [0.25, 0.3) is 0 Å². The molecule has 22 heavy (non-hydrogen) atoms. The number of hydrogen-bond donors (Lipinski definition) is 1. The summed E-state index contributed by atoms with van der Waals surface area (Å²) in [6, 6.07) is 0. The van der Waals surface area contributed by atoms with Crippen LogP contribution in [0.3, 0.4) is 0 Å². The zero-order valence-electron chi connectivity index (χ0n) is 12.7. The molecule has 2 unspecified atom stereocenters. The quantitative estimate of drug-likeness (QED) is 0.729. The Morgan fingerprint density at radius 2 is 2.09 bits per heavy atom. The largest absolute Gasteiger partial charge is 0.479 e. The molecule has 0 aromatic rings. The lowest BCUT2D eigenvalue weighted by Crippen LogP contribution is -2.54. The van der Waals surface area contributed by atoms with Gasteiger partial charge in [0.2, 0.25) is 11.0 Å². The van der Waals surface area contributed by atoms with E-state index in [0.717, 1.165) is 11.8 Å². The summed E-state index contributed by atoms with van der Waals surface area (Å²) in [7, 11) is 0. The lowest BCUT2D eigenvalue weighted by Gasteiger charge is -2.31. The molecule has 5 nitrogen and oxygen atoms in total. The first kappa shape index (κ1) is 19.2. The van der Waals surface area contributed by atoms with Crippen LogP contribution in [-0.4, -0.2) is 49.4 Å². The first-order chi connectivity index (χ1) is 10.2. The maximum Gasteiger partial charge on any atom is 0.330 e. The highest BCUT2D eigenvalue weighted by molar-refractivity contribution is 8.18. The van der Waals surface area contributed by atoms with Crippen molar-refractivity contribution in [1.82, 2.24) is 4.90 Å². The van der Waals surface area contributed by atoms with E-state index in [1.54, 1.807) is 18.4 Å². The third-order valence-corrected chi connectivity index (χ3v) is 6.36. The van der Waals surface area contributed by atoms with E-state index in [-0.39, 0.29) is 11.0 Å². The fraction of sp³-hybridized carbons (Fsp3) is 0.500. The molecule has 2 atom stereocenters. The summed E-state index contributed by atoms with van der Waals surface area (Å²) < 4.78 is 0. The topological polar surface area (TPSA) is 74.7 Å². The molecule has 0 aliphatic carbocycles. The van der Waals surface area contributed by atoms with E-state index in [1.165, 1.54) is 35.3 Å². The molecular formula is C14H19NO4S3. The summed E-state index contributed by atoms with van der Waals surface area (Å²) in [4.78, 5) is 37.5. The Bertz CT molecular complexity index is 520. The molecule has 1 fully saturated rings. The van der Waals surface area contributed by atoms with Crippen molar-refractivity contribution >= 4 is 52.3 Å². The van der Waals surface area contributed by atoms with Gasteiger partial charge in [-0.05, 0) is 26.2 Å². The van der Waals surface area contributed by atoms with Crippen LogP contribution >= 0.6 is 35.3 Å². The molecule has 1 aliphatic heterocycles. The lowest BCUT2D eigenvalue weighted by atomic mass is 10.0. The maximum absolute atomic E-state index is 12.5. The van der Waals surface area contributed by atoms with Gasteiger partial charge in [0.1, 0.15) is 5.54 Å². The van der Waals surface area contributed by atoms with E-state index in [9.17, 15) is 19.5 Å². The average Bonchev–Trinajstić information content (AvgIpc) is 2.86. The number of aliphatic carboxylic acids is 1. The Morgan fingerprint density at radius 3 is 2.64 bits per heavy atom. The number of nitrogens with zero attached hydrogens (tertiary/aromatic N) is 1. The number of rotatable bonds is 6. The summed E-state index contributed by atoms with van der Waals surface area (Å²) in [5, 5.41) is 10.2. The molecule has 122 valence electrons. The fourth-order valence-electron chi connectivity index (χ4n) is 1.73. The molecule has 8 heteroatoms. The van der Waals surface area contributed by atoms with E-state index in [2.05, 4.69) is 6.58 Å². The normalized spacial score (nSPS) is 22.8. The van der Waals surface area contributed by atoms with Crippen LogP contribution in [0, 0.1) is 0 Å². The molecule has 1 amide bonds. The van der Waals surface area contributed by atoms with Crippen molar-refractivity contribution in [3.63, 3.8) is 0 Å². The van der Waals surface area contributed by atoms with Crippen molar-refractivity contribution in [2.75, 3.05) is 11.6 Å². The van der Waals surface area contributed by atoms with Crippen LogP contribution in [0.25, 0.3) is 0 Å². The molecule has 1 rings (SSSR count). The molecular weight excluding hydrogens is 342 g/mol. The van der Waals surface area contributed by atoms with E-state index < -0.39 is 16.8 Å². The Labute approximate surface area is 143 Å². The molecule has 0 bridgehead atoms. The van der Waals surface area contributed by atoms with Crippen molar-refractivity contribution in [1.29, 1.82) is 0 Å². The molecule has 1 heterocycles.